The number of anilines is 1. The number of nitriles is 1. The lowest BCUT2D eigenvalue weighted by Gasteiger charge is -2.19. The molecule has 0 saturated carbocycles. The van der Waals surface area contributed by atoms with Gasteiger partial charge in [-0.25, -0.2) is 4.98 Å². The number of carbonyl (C=O) groups excluding carboxylic acids is 1. The minimum atomic E-state index is -0.426. The Morgan fingerprint density at radius 2 is 2.00 bits per heavy atom. The number of rotatable bonds is 7. The smallest absolute Gasteiger partial charge is 0.262 e. The van der Waals surface area contributed by atoms with E-state index < -0.39 is 6.04 Å². The number of nitrogens with zero attached hydrogens (tertiary/aromatic N) is 3. The Hall–Kier alpha value is -3.15. The lowest BCUT2D eigenvalue weighted by Crippen LogP contribution is -2.29. The second kappa shape index (κ2) is 9.37. The minimum Gasteiger partial charge on any atom is -0.394 e. The molecule has 3 rings (SSSR count). The van der Waals surface area contributed by atoms with Crippen molar-refractivity contribution in [2.45, 2.75) is 24.5 Å². The zero-order valence-corrected chi connectivity index (χ0v) is 16.6. The van der Waals surface area contributed by atoms with Crippen LogP contribution < -0.4 is 10.9 Å². The number of aromatic nitrogens is 2. The van der Waals surface area contributed by atoms with Crippen LogP contribution in [0.4, 0.5) is 5.69 Å². The van der Waals surface area contributed by atoms with Crippen molar-refractivity contribution in [3.8, 4) is 6.07 Å². The van der Waals surface area contributed by atoms with E-state index in [4.69, 9.17) is 5.26 Å². The average molecular weight is 408 g/mol. The van der Waals surface area contributed by atoms with Crippen molar-refractivity contribution < 1.29 is 9.90 Å². The maximum absolute atomic E-state index is 13.0. The van der Waals surface area contributed by atoms with E-state index in [9.17, 15) is 14.7 Å². The monoisotopic (exact) mass is 408 g/mol. The summed E-state index contributed by atoms with van der Waals surface area (Å²) >= 11 is 1.12. The maximum atomic E-state index is 13.0. The van der Waals surface area contributed by atoms with Gasteiger partial charge >= 0.3 is 0 Å². The fourth-order valence-electron chi connectivity index (χ4n) is 2.95. The SMILES string of the molecule is CCC(CO)n1c(SCC(=O)Nc2ccccc2C#N)nc2ccccc2c1=O. The zero-order valence-electron chi connectivity index (χ0n) is 15.8. The second-order valence-electron chi connectivity index (χ2n) is 6.33. The Kier molecular flexibility index (Phi) is 6.65. The lowest BCUT2D eigenvalue weighted by atomic mass is 10.2. The van der Waals surface area contributed by atoms with Crippen LogP contribution in [-0.4, -0.2) is 32.9 Å². The van der Waals surface area contributed by atoms with Crippen molar-refractivity contribution in [1.29, 1.82) is 5.26 Å². The third-order valence-corrected chi connectivity index (χ3v) is 5.43. The molecule has 3 aromatic rings. The Morgan fingerprint density at radius 3 is 2.72 bits per heavy atom. The molecule has 1 unspecified atom stereocenters. The molecule has 0 aliphatic rings. The average Bonchev–Trinajstić information content (AvgIpc) is 2.75. The van der Waals surface area contributed by atoms with Crippen molar-refractivity contribution in [2.24, 2.45) is 0 Å². The molecule has 1 heterocycles. The molecular formula is C21H20N4O3S. The summed E-state index contributed by atoms with van der Waals surface area (Å²) in [5, 5.41) is 22.4. The predicted octanol–water partition coefficient (Wildman–Crippen LogP) is 2.94. The molecule has 0 aliphatic carbocycles. The number of hydrogen-bond donors (Lipinski definition) is 2. The summed E-state index contributed by atoms with van der Waals surface area (Å²) in [6.07, 6.45) is 0.547. The molecule has 0 spiro atoms. The highest BCUT2D eigenvalue weighted by molar-refractivity contribution is 7.99. The largest absolute Gasteiger partial charge is 0.394 e. The van der Waals surface area contributed by atoms with E-state index in [0.717, 1.165) is 11.8 Å². The van der Waals surface area contributed by atoms with Crippen LogP contribution in [0.15, 0.2) is 58.5 Å². The second-order valence-corrected chi connectivity index (χ2v) is 7.27. The van der Waals surface area contributed by atoms with E-state index in [1.807, 2.05) is 13.0 Å². The fourth-order valence-corrected chi connectivity index (χ4v) is 3.82. The number of fused-ring (bicyclic) bond motifs is 1. The van der Waals surface area contributed by atoms with Crippen LogP contribution in [0.2, 0.25) is 0 Å². The van der Waals surface area contributed by atoms with Crippen LogP contribution in [0.5, 0.6) is 0 Å². The highest BCUT2D eigenvalue weighted by atomic mass is 32.2. The number of benzene rings is 2. The van der Waals surface area contributed by atoms with Crippen LogP contribution in [0.1, 0.15) is 24.9 Å². The molecule has 1 aromatic heterocycles. The molecular weight excluding hydrogens is 388 g/mol. The summed E-state index contributed by atoms with van der Waals surface area (Å²) in [6.45, 7) is 1.67. The molecule has 1 amide bonds. The number of aliphatic hydroxyl groups is 1. The van der Waals surface area contributed by atoms with Crippen LogP contribution in [0, 0.1) is 11.3 Å². The molecule has 0 aliphatic heterocycles. The highest BCUT2D eigenvalue weighted by Crippen LogP contribution is 2.23. The highest BCUT2D eigenvalue weighted by Gasteiger charge is 2.19. The van der Waals surface area contributed by atoms with Gasteiger partial charge in [-0.2, -0.15) is 5.26 Å². The Balaban J connectivity index is 1.89. The number of para-hydroxylation sites is 2. The Bertz CT molecular complexity index is 1130. The topological polar surface area (TPSA) is 108 Å². The minimum absolute atomic E-state index is 0.00636. The fraction of sp³-hybridized carbons (Fsp3) is 0.238. The van der Waals surface area contributed by atoms with Gasteiger partial charge in [-0.1, -0.05) is 43.0 Å². The van der Waals surface area contributed by atoms with E-state index >= 15 is 0 Å². The van der Waals surface area contributed by atoms with E-state index in [-0.39, 0.29) is 23.8 Å². The van der Waals surface area contributed by atoms with Gasteiger partial charge in [-0.3, -0.25) is 14.2 Å². The summed E-state index contributed by atoms with van der Waals surface area (Å²) in [7, 11) is 0. The van der Waals surface area contributed by atoms with Gasteiger partial charge in [0.25, 0.3) is 5.56 Å². The van der Waals surface area contributed by atoms with E-state index in [2.05, 4.69) is 10.3 Å². The first-order chi connectivity index (χ1) is 14.1. The number of amides is 1. The number of thioether (sulfide) groups is 1. The van der Waals surface area contributed by atoms with Crippen molar-refractivity contribution in [1.82, 2.24) is 9.55 Å². The van der Waals surface area contributed by atoms with Gasteiger partial charge in [-0.05, 0) is 30.7 Å². The normalized spacial score (nSPS) is 11.8. The van der Waals surface area contributed by atoms with E-state index in [1.54, 1.807) is 48.5 Å². The van der Waals surface area contributed by atoms with E-state index in [0.29, 0.717) is 33.7 Å². The number of nitrogens with one attached hydrogen (secondary N) is 1. The summed E-state index contributed by atoms with van der Waals surface area (Å²) in [5.74, 6) is -0.310. The van der Waals surface area contributed by atoms with Gasteiger partial charge in [0.2, 0.25) is 5.91 Å². The predicted molar refractivity (Wildman–Crippen MR) is 113 cm³/mol. The van der Waals surface area contributed by atoms with Gasteiger partial charge in [0.15, 0.2) is 5.16 Å². The van der Waals surface area contributed by atoms with Crippen molar-refractivity contribution >= 4 is 34.3 Å². The van der Waals surface area contributed by atoms with Crippen molar-refractivity contribution in [3.63, 3.8) is 0 Å². The number of aliphatic hydroxyl groups excluding tert-OH is 1. The molecule has 1 atom stereocenters. The lowest BCUT2D eigenvalue weighted by molar-refractivity contribution is -0.113. The van der Waals surface area contributed by atoms with Gasteiger partial charge < -0.3 is 10.4 Å². The summed E-state index contributed by atoms with van der Waals surface area (Å²) in [6, 6.07) is 15.4. The number of hydrogen-bond acceptors (Lipinski definition) is 6. The Morgan fingerprint density at radius 1 is 1.28 bits per heavy atom. The van der Waals surface area contributed by atoms with E-state index in [1.165, 1.54) is 4.57 Å². The van der Waals surface area contributed by atoms with Crippen molar-refractivity contribution in [2.75, 3.05) is 17.7 Å². The maximum Gasteiger partial charge on any atom is 0.262 e. The van der Waals surface area contributed by atoms with Gasteiger partial charge in [-0.15, -0.1) is 0 Å². The molecule has 0 saturated heterocycles. The molecule has 0 bridgehead atoms. The van der Waals surface area contributed by atoms with Crippen LogP contribution in [0.3, 0.4) is 0 Å². The quantitative estimate of drug-likeness (QED) is 0.460. The van der Waals surface area contributed by atoms with Gasteiger partial charge in [0.05, 0.1) is 40.6 Å². The number of carbonyl (C=O) groups is 1. The molecule has 2 N–H and O–H groups in total. The molecule has 29 heavy (non-hydrogen) atoms. The molecule has 0 radical (unpaired) electrons. The van der Waals surface area contributed by atoms with Crippen LogP contribution >= 0.6 is 11.8 Å². The molecule has 2 aromatic carbocycles. The first-order valence-electron chi connectivity index (χ1n) is 9.13. The molecule has 7 nitrogen and oxygen atoms in total. The standard InChI is InChI=1S/C21H20N4O3S/c1-2-15(12-26)25-20(28)16-8-4-6-10-18(16)24-21(25)29-13-19(27)23-17-9-5-3-7-14(17)11-22/h3-10,15,26H,2,12-13H2,1H3,(H,23,27). The summed E-state index contributed by atoms with van der Waals surface area (Å²) in [5.41, 5.74) is 1.11. The first kappa shape index (κ1) is 20.6. The molecule has 0 fully saturated rings. The third kappa shape index (κ3) is 4.47. The zero-order chi connectivity index (χ0) is 20.8. The summed E-state index contributed by atoms with van der Waals surface area (Å²) in [4.78, 5) is 30.0. The van der Waals surface area contributed by atoms with Gasteiger partial charge in [0.1, 0.15) is 6.07 Å². The first-order valence-corrected chi connectivity index (χ1v) is 10.1. The molecule has 8 heteroatoms. The van der Waals surface area contributed by atoms with Crippen LogP contribution in [-0.2, 0) is 4.79 Å². The third-order valence-electron chi connectivity index (χ3n) is 4.48. The van der Waals surface area contributed by atoms with Gasteiger partial charge in [0, 0.05) is 0 Å². The van der Waals surface area contributed by atoms with Crippen molar-refractivity contribution in [3.05, 3.63) is 64.4 Å². The summed E-state index contributed by atoms with van der Waals surface area (Å²) < 4.78 is 1.46. The van der Waals surface area contributed by atoms with Crippen LogP contribution in [0.25, 0.3) is 10.9 Å². The molecule has 148 valence electrons. The Labute approximate surface area is 172 Å².